The summed E-state index contributed by atoms with van der Waals surface area (Å²) >= 11 is 0. The van der Waals surface area contributed by atoms with Crippen molar-refractivity contribution in [2.75, 3.05) is 11.9 Å². The molecular formula is C20H27N3O3. The summed E-state index contributed by atoms with van der Waals surface area (Å²) in [7, 11) is 0. The number of rotatable bonds is 6. The minimum Gasteiger partial charge on any atom is -0.326 e. The van der Waals surface area contributed by atoms with Gasteiger partial charge in [0.25, 0.3) is 5.91 Å². The second-order valence-corrected chi connectivity index (χ2v) is 7.60. The van der Waals surface area contributed by atoms with Crippen LogP contribution in [0.2, 0.25) is 0 Å². The van der Waals surface area contributed by atoms with Crippen LogP contribution in [0.1, 0.15) is 63.9 Å². The van der Waals surface area contributed by atoms with Crippen molar-refractivity contribution < 1.29 is 14.4 Å². The van der Waals surface area contributed by atoms with Gasteiger partial charge in [-0.05, 0) is 42.9 Å². The molecule has 6 nitrogen and oxygen atoms in total. The fraction of sp³-hybridized carbons (Fsp3) is 0.550. The molecule has 0 aromatic heterocycles. The van der Waals surface area contributed by atoms with Crippen molar-refractivity contribution in [2.24, 2.45) is 0 Å². The summed E-state index contributed by atoms with van der Waals surface area (Å²) in [5, 5.41) is 5.72. The van der Waals surface area contributed by atoms with Crippen LogP contribution in [-0.4, -0.2) is 34.8 Å². The van der Waals surface area contributed by atoms with Gasteiger partial charge in [-0.3, -0.25) is 14.5 Å². The molecule has 0 bridgehead atoms. The molecule has 3 rings (SSSR count). The van der Waals surface area contributed by atoms with Gasteiger partial charge in [0.1, 0.15) is 5.54 Å². The number of amides is 4. The maximum atomic E-state index is 12.5. The Morgan fingerprint density at radius 2 is 1.85 bits per heavy atom. The Hall–Kier alpha value is -2.37. The summed E-state index contributed by atoms with van der Waals surface area (Å²) in [6, 6.07) is 7.49. The van der Waals surface area contributed by atoms with E-state index in [4.69, 9.17) is 0 Å². The number of anilines is 1. The number of hydrogen-bond acceptors (Lipinski definition) is 3. The Bertz CT molecular complexity index is 691. The Morgan fingerprint density at radius 3 is 2.46 bits per heavy atom. The molecule has 1 saturated heterocycles. The zero-order valence-electron chi connectivity index (χ0n) is 15.5. The number of nitrogens with zero attached hydrogens (tertiary/aromatic N) is 1. The van der Waals surface area contributed by atoms with E-state index < -0.39 is 5.54 Å². The highest BCUT2D eigenvalue weighted by molar-refractivity contribution is 6.07. The smallest absolute Gasteiger partial charge is 0.325 e. The maximum absolute atomic E-state index is 12.5. The second kappa shape index (κ2) is 7.48. The summed E-state index contributed by atoms with van der Waals surface area (Å²) in [6.07, 6.45) is 4.12. The van der Waals surface area contributed by atoms with Crippen molar-refractivity contribution in [3.63, 3.8) is 0 Å². The van der Waals surface area contributed by atoms with Gasteiger partial charge in [-0.15, -0.1) is 0 Å². The lowest BCUT2D eigenvalue weighted by Crippen LogP contribution is -2.44. The van der Waals surface area contributed by atoms with E-state index in [1.54, 1.807) is 0 Å². The molecular weight excluding hydrogens is 330 g/mol. The van der Waals surface area contributed by atoms with Gasteiger partial charge in [0.05, 0.1) is 0 Å². The molecule has 1 aliphatic heterocycles. The first-order valence-corrected chi connectivity index (χ1v) is 9.45. The van der Waals surface area contributed by atoms with Gasteiger partial charge in [-0.2, -0.15) is 0 Å². The molecule has 6 heteroatoms. The average Bonchev–Trinajstić information content (AvgIpc) is 3.16. The van der Waals surface area contributed by atoms with E-state index in [2.05, 4.69) is 24.5 Å². The van der Waals surface area contributed by atoms with Crippen molar-refractivity contribution in [3.8, 4) is 0 Å². The molecule has 1 saturated carbocycles. The van der Waals surface area contributed by atoms with Crippen LogP contribution in [0.5, 0.6) is 0 Å². The summed E-state index contributed by atoms with van der Waals surface area (Å²) in [5.74, 6) is 0.224. The van der Waals surface area contributed by atoms with E-state index in [-0.39, 0.29) is 30.8 Å². The normalized spacial score (nSPS) is 18.7. The fourth-order valence-electron chi connectivity index (χ4n) is 3.77. The lowest BCUT2D eigenvalue weighted by Gasteiger charge is -2.19. The third-order valence-corrected chi connectivity index (χ3v) is 5.35. The first kappa shape index (κ1) is 18.4. The van der Waals surface area contributed by atoms with E-state index in [0.29, 0.717) is 12.3 Å². The molecule has 140 valence electrons. The minimum atomic E-state index is -0.669. The lowest BCUT2D eigenvalue weighted by atomic mass is 9.98. The first-order chi connectivity index (χ1) is 12.4. The van der Waals surface area contributed by atoms with E-state index in [1.165, 1.54) is 10.5 Å². The lowest BCUT2D eigenvalue weighted by molar-refractivity contribution is -0.131. The highest BCUT2D eigenvalue weighted by Crippen LogP contribution is 2.35. The quantitative estimate of drug-likeness (QED) is 0.766. The molecule has 1 spiro atoms. The van der Waals surface area contributed by atoms with Crippen LogP contribution in [0.4, 0.5) is 10.5 Å². The molecule has 4 amide bonds. The molecule has 1 aromatic rings. The monoisotopic (exact) mass is 357 g/mol. The molecule has 1 aliphatic carbocycles. The van der Waals surface area contributed by atoms with Gasteiger partial charge < -0.3 is 10.6 Å². The predicted octanol–water partition coefficient (Wildman–Crippen LogP) is 3.39. The molecule has 1 heterocycles. The number of carbonyl (C=O) groups is 3. The minimum absolute atomic E-state index is 0.107. The van der Waals surface area contributed by atoms with Gasteiger partial charge in [-0.1, -0.05) is 38.8 Å². The topological polar surface area (TPSA) is 78.5 Å². The molecule has 0 radical (unpaired) electrons. The van der Waals surface area contributed by atoms with E-state index >= 15 is 0 Å². The van der Waals surface area contributed by atoms with Crippen molar-refractivity contribution >= 4 is 23.5 Å². The van der Waals surface area contributed by atoms with Crippen LogP contribution in [0, 0.1) is 0 Å². The fourth-order valence-corrected chi connectivity index (χ4v) is 3.77. The molecule has 0 unspecified atom stereocenters. The van der Waals surface area contributed by atoms with Crippen molar-refractivity contribution in [1.82, 2.24) is 10.2 Å². The first-order valence-electron chi connectivity index (χ1n) is 9.45. The summed E-state index contributed by atoms with van der Waals surface area (Å²) in [4.78, 5) is 38.0. The van der Waals surface area contributed by atoms with Gasteiger partial charge >= 0.3 is 6.03 Å². The molecule has 1 aromatic carbocycles. The number of hydrogen-bond donors (Lipinski definition) is 2. The number of carbonyl (C=O) groups excluding carboxylic acids is 3. The van der Waals surface area contributed by atoms with Crippen molar-refractivity contribution in [3.05, 3.63) is 29.8 Å². The SMILES string of the molecule is CC(C)c1ccc(NC(=O)CCCN2C(=O)NC3(CCCC3)C2=O)cc1. The molecule has 26 heavy (non-hydrogen) atoms. The number of nitrogens with one attached hydrogen (secondary N) is 2. The zero-order chi connectivity index (χ0) is 18.7. The van der Waals surface area contributed by atoms with Gasteiger partial charge in [0, 0.05) is 18.7 Å². The van der Waals surface area contributed by atoms with E-state index in [9.17, 15) is 14.4 Å². The Balaban J connectivity index is 1.46. The number of urea groups is 1. The predicted molar refractivity (Wildman–Crippen MR) is 99.8 cm³/mol. The van der Waals surface area contributed by atoms with Gasteiger partial charge in [0.2, 0.25) is 5.91 Å². The van der Waals surface area contributed by atoms with Crippen LogP contribution in [0.15, 0.2) is 24.3 Å². The molecule has 2 N–H and O–H groups in total. The number of imide groups is 1. The standard InChI is InChI=1S/C20H27N3O3/c1-14(2)15-7-9-16(10-8-15)21-17(24)6-5-13-23-18(25)20(22-19(23)26)11-3-4-12-20/h7-10,14H,3-6,11-13H2,1-2H3,(H,21,24)(H,22,26). The van der Waals surface area contributed by atoms with Crippen molar-refractivity contribution in [1.29, 1.82) is 0 Å². The molecule has 2 aliphatic rings. The zero-order valence-corrected chi connectivity index (χ0v) is 15.5. The summed E-state index contributed by atoms with van der Waals surface area (Å²) < 4.78 is 0. The van der Waals surface area contributed by atoms with E-state index in [1.807, 2.05) is 24.3 Å². The largest absolute Gasteiger partial charge is 0.326 e. The highest BCUT2D eigenvalue weighted by Gasteiger charge is 2.51. The van der Waals surface area contributed by atoms with Gasteiger partial charge in [0.15, 0.2) is 0 Å². The Kier molecular flexibility index (Phi) is 5.30. The summed E-state index contributed by atoms with van der Waals surface area (Å²) in [5.41, 5.74) is 1.32. The third kappa shape index (κ3) is 3.74. The van der Waals surface area contributed by atoms with Crippen LogP contribution in [-0.2, 0) is 9.59 Å². The average molecular weight is 357 g/mol. The molecule has 2 fully saturated rings. The molecule has 0 atom stereocenters. The van der Waals surface area contributed by atoms with Crippen LogP contribution >= 0.6 is 0 Å². The third-order valence-electron chi connectivity index (χ3n) is 5.35. The van der Waals surface area contributed by atoms with Crippen LogP contribution in [0.3, 0.4) is 0 Å². The van der Waals surface area contributed by atoms with E-state index in [0.717, 1.165) is 31.4 Å². The van der Waals surface area contributed by atoms with Crippen LogP contribution in [0.25, 0.3) is 0 Å². The maximum Gasteiger partial charge on any atom is 0.325 e. The number of benzene rings is 1. The van der Waals surface area contributed by atoms with Gasteiger partial charge in [-0.25, -0.2) is 4.79 Å². The summed E-state index contributed by atoms with van der Waals surface area (Å²) in [6.45, 7) is 4.53. The van der Waals surface area contributed by atoms with Crippen molar-refractivity contribution in [2.45, 2.75) is 63.8 Å². The Morgan fingerprint density at radius 1 is 1.19 bits per heavy atom. The highest BCUT2D eigenvalue weighted by atomic mass is 16.2. The Labute approximate surface area is 154 Å². The van der Waals surface area contributed by atoms with Crippen LogP contribution < -0.4 is 10.6 Å². The second-order valence-electron chi connectivity index (χ2n) is 7.60.